The number of amides is 2. The summed E-state index contributed by atoms with van der Waals surface area (Å²) in [6.45, 7) is 3.86. The van der Waals surface area contributed by atoms with Gasteiger partial charge in [-0.3, -0.25) is 14.5 Å². The molecule has 21 heavy (non-hydrogen) atoms. The summed E-state index contributed by atoms with van der Waals surface area (Å²) in [6, 6.07) is 1.73. The molecule has 3 rings (SSSR count). The number of anilines is 1. The second-order valence-corrected chi connectivity index (χ2v) is 5.94. The molecule has 0 saturated carbocycles. The topological polar surface area (TPSA) is 66.7 Å². The molecule has 6 nitrogen and oxygen atoms in total. The molecular weight excluding hydrogens is 270 g/mol. The van der Waals surface area contributed by atoms with Crippen molar-refractivity contribution < 1.29 is 14.1 Å². The normalized spacial score (nSPS) is 23.5. The minimum atomic E-state index is -0.243. The molecule has 0 spiro atoms. The van der Waals surface area contributed by atoms with E-state index in [-0.39, 0.29) is 24.2 Å². The van der Waals surface area contributed by atoms with Crippen molar-refractivity contribution in [3.8, 4) is 0 Å². The zero-order chi connectivity index (χ0) is 14.8. The van der Waals surface area contributed by atoms with Gasteiger partial charge in [0.2, 0.25) is 11.8 Å². The van der Waals surface area contributed by atoms with Crippen molar-refractivity contribution in [1.82, 2.24) is 10.1 Å². The summed E-state index contributed by atoms with van der Waals surface area (Å²) in [4.78, 5) is 28.2. The first-order valence-corrected chi connectivity index (χ1v) is 7.67. The molecule has 0 aromatic carbocycles. The molecule has 2 aliphatic heterocycles. The summed E-state index contributed by atoms with van der Waals surface area (Å²) in [6.07, 6.45) is 4.80. The van der Waals surface area contributed by atoms with Crippen molar-refractivity contribution in [2.45, 2.75) is 39.0 Å². The van der Waals surface area contributed by atoms with Gasteiger partial charge in [0.25, 0.3) is 0 Å². The van der Waals surface area contributed by atoms with Crippen LogP contribution in [0.15, 0.2) is 10.6 Å². The van der Waals surface area contributed by atoms with E-state index in [2.05, 4.69) is 5.16 Å². The highest BCUT2D eigenvalue weighted by atomic mass is 16.5. The van der Waals surface area contributed by atoms with Crippen LogP contribution >= 0.6 is 0 Å². The van der Waals surface area contributed by atoms with Gasteiger partial charge in [0, 0.05) is 32.1 Å². The highest BCUT2D eigenvalue weighted by Crippen LogP contribution is 2.26. The van der Waals surface area contributed by atoms with Gasteiger partial charge in [0.1, 0.15) is 5.76 Å². The highest BCUT2D eigenvalue weighted by molar-refractivity contribution is 5.99. The van der Waals surface area contributed by atoms with Crippen molar-refractivity contribution in [3.05, 3.63) is 11.8 Å². The van der Waals surface area contributed by atoms with Gasteiger partial charge < -0.3 is 9.42 Å². The Kier molecular flexibility index (Phi) is 3.94. The highest BCUT2D eigenvalue weighted by Gasteiger charge is 2.38. The van der Waals surface area contributed by atoms with Crippen molar-refractivity contribution in [1.29, 1.82) is 0 Å². The van der Waals surface area contributed by atoms with Gasteiger partial charge in [0.05, 0.1) is 5.92 Å². The number of hydrogen-bond acceptors (Lipinski definition) is 4. The first-order chi connectivity index (χ1) is 10.1. The molecule has 3 heterocycles. The van der Waals surface area contributed by atoms with Crippen LogP contribution in [0.3, 0.4) is 0 Å². The summed E-state index contributed by atoms with van der Waals surface area (Å²) in [5.74, 6) is 1.01. The molecule has 0 aliphatic carbocycles. The van der Waals surface area contributed by atoms with E-state index >= 15 is 0 Å². The minimum absolute atomic E-state index is 0.0449. The monoisotopic (exact) mass is 291 g/mol. The molecule has 114 valence electrons. The summed E-state index contributed by atoms with van der Waals surface area (Å²) >= 11 is 0. The van der Waals surface area contributed by atoms with E-state index in [1.165, 1.54) is 12.8 Å². The smallest absolute Gasteiger partial charge is 0.229 e. The summed E-state index contributed by atoms with van der Waals surface area (Å²) in [5.41, 5.74) is 0. The quantitative estimate of drug-likeness (QED) is 0.832. The van der Waals surface area contributed by atoms with E-state index < -0.39 is 0 Å². The SMILES string of the molecule is Cc1cc(N2CC(C(=O)N3CCCCCC3)CC2=O)no1. The van der Waals surface area contributed by atoms with Crippen LogP contribution in [0.1, 0.15) is 37.9 Å². The molecule has 1 unspecified atom stereocenters. The number of likely N-dealkylation sites (tertiary alicyclic amines) is 1. The molecular formula is C15H21N3O3. The van der Waals surface area contributed by atoms with Gasteiger partial charge in [0.15, 0.2) is 5.82 Å². The van der Waals surface area contributed by atoms with Crippen LogP contribution in [0.4, 0.5) is 5.82 Å². The van der Waals surface area contributed by atoms with Crippen molar-refractivity contribution in [2.24, 2.45) is 5.92 Å². The summed E-state index contributed by atoms with van der Waals surface area (Å²) < 4.78 is 5.01. The Morgan fingerprint density at radius 1 is 1.29 bits per heavy atom. The fourth-order valence-electron chi connectivity index (χ4n) is 3.12. The molecule has 0 radical (unpaired) electrons. The molecule has 1 aromatic rings. The zero-order valence-electron chi connectivity index (χ0n) is 12.4. The second kappa shape index (κ2) is 5.87. The summed E-state index contributed by atoms with van der Waals surface area (Å²) in [5, 5.41) is 3.87. The Morgan fingerprint density at radius 3 is 2.62 bits per heavy atom. The lowest BCUT2D eigenvalue weighted by Gasteiger charge is -2.23. The van der Waals surface area contributed by atoms with Gasteiger partial charge in [-0.05, 0) is 19.8 Å². The minimum Gasteiger partial charge on any atom is -0.360 e. The third-order valence-corrected chi connectivity index (χ3v) is 4.28. The molecule has 0 N–H and O–H groups in total. The Labute approximate surface area is 124 Å². The Balaban J connectivity index is 1.67. The van der Waals surface area contributed by atoms with Gasteiger partial charge in [-0.2, -0.15) is 0 Å². The maximum atomic E-state index is 12.6. The number of nitrogens with zero attached hydrogens (tertiary/aromatic N) is 3. The molecule has 1 aromatic heterocycles. The Morgan fingerprint density at radius 2 is 2.00 bits per heavy atom. The molecule has 2 fully saturated rings. The van der Waals surface area contributed by atoms with Gasteiger partial charge >= 0.3 is 0 Å². The third kappa shape index (κ3) is 2.94. The lowest BCUT2D eigenvalue weighted by atomic mass is 10.1. The average Bonchev–Trinajstić information content (AvgIpc) is 2.94. The van der Waals surface area contributed by atoms with Crippen LogP contribution in [0.25, 0.3) is 0 Å². The molecule has 2 aliphatic rings. The first kappa shape index (κ1) is 14.1. The van der Waals surface area contributed by atoms with Crippen LogP contribution < -0.4 is 4.90 Å². The fourth-order valence-corrected chi connectivity index (χ4v) is 3.12. The van der Waals surface area contributed by atoms with E-state index in [1.54, 1.807) is 17.9 Å². The van der Waals surface area contributed by atoms with Gasteiger partial charge in [-0.15, -0.1) is 0 Å². The maximum Gasteiger partial charge on any atom is 0.229 e. The predicted molar refractivity (Wildman–Crippen MR) is 76.7 cm³/mol. The lowest BCUT2D eigenvalue weighted by Crippen LogP contribution is -2.38. The number of hydrogen-bond donors (Lipinski definition) is 0. The number of carbonyl (C=O) groups is 2. The van der Waals surface area contributed by atoms with Crippen LogP contribution in [-0.2, 0) is 9.59 Å². The maximum absolute atomic E-state index is 12.6. The third-order valence-electron chi connectivity index (χ3n) is 4.28. The van der Waals surface area contributed by atoms with Crippen LogP contribution in [0, 0.1) is 12.8 Å². The van der Waals surface area contributed by atoms with Crippen LogP contribution in [0.2, 0.25) is 0 Å². The average molecular weight is 291 g/mol. The van der Waals surface area contributed by atoms with E-state index in [4.69, 9.17) is 4.52 Å². The first-order valence-electron chi connectivity index (χ1n) is 7.67. The number of aromatic nitrogens is 1. The van der Waals surface area contributed by atoms with Crippen molar-refractivity contribution in [3.63, 3.8) is 0 Å². The number of carbonyl (C=O) groups excluding carboxylic acids is 2. The molecule has 6 heteroatoms. The number of aryl methyl sites for hydroxylation is 1. The number of rotatable bonds is 2. The van der Waals surface area contributed by atoms with Crippen molar-refractivity contribution >= 4 is 17.6 Å². The molecule has 2 saturated heterocycles. The van der Waals surface area contributed by atoms with Gasteiger partial charge in [-0.1, -0.05) is 18.0 Å². The van der Waals surface area contributed by atoms with Gasteiger partial charge in [-0.25, -0.2) is 0 Å². The van der Waals surface area contributed by atoms with E-state index in [1.807, 2.05) is 4.90 Å². The van der Waals surface area contributed by atoms with E-state index in [0.29, 0.717) is 18.1 Å². The molecule has 2 amide bonds. The van der Waals surface area contributed by atoms with Crippen LogP contribution in [0.5, 0.6) is 0 Å². The lowest BCUT2D eigenvalue weighted by molar-refractivity contribution is -0.135. The second-order valence-electron chi connectivity index (χ2n) is 5.94. The van der Waals surface area contributed by atoms with E-state index in [0.717, 1.165) is 25.9 Å². The van der Waals surface area contributed by atoms with E-state index in [9.17, 15) is 9.59 Å². The Bertz CT molecular complexity index is 532. The predicted octanol–water partition coefficient (Wildman–Crippen LogP) is 1.74. The fraction of sp³-hybridized carbons (Fsp3) is 0.667. The van der Waals surface area contributed by atoms with Crippen LogP contribution in [-0.4, -0.2) is 41.5 Å². The molecule has 0 bridgehead atoms. The van der Waals surface area contributed by atoms with Crippen molar-refractivity contribution in [2.75, 3.05) is 24.5 Å². The largest absolute Gasteiger partial charge is 0.360 e. The zero-order valence-corrected chi connectivity index (χ0v) is 12.4. The molecule has 1 atom stereocenters. The summed E-state index contributed by atoms with van der Waals surface area (Å²) in [7, 11) is 0. The standard InChI is InChI=1S/C15H21N3O3/c1-11-8-13(16-21-11)18-10-12(9-14(18)19)15(20)17-6-4-2-3-5-7-17/h8,12H,2-7,9-10H2,1H3. The Hall–Kier alpha value is -1.85.